The minimum absolute atomic E-state index is 0.0352. The molecule has 0 saturated heterocycles. The normalized spacial score (nSPS) is 11.5. The Balaban J connectivity index is 1.96. The van der Waals surface area contributed by atoms with Crippen LogP contribution in [0.15, 0.2) is 42.5 Å². The first-order valence-corrected chi connectivity index (χ1v) is 7.86. The van der Waals surface area contributed by atoms with Gasteiger partial charge in [-0.1, -0.05) is 30.3 Å². The van der Waals surface area contributed by atoms with E-state index in [-0.39, 0.29) is 18.5 Å². The predicted molar refractivity (Wildman–Crippen MR) is 95.8 cm³/mol. The highest BCUT2D eigenvalue weighted by atomic mass is 16.5. The number of aryl methyl sites for hydroxylation is 1. The van der Waals surface area contributed by atoms with Gasteiger partial charge < -0.3 is 20.1 Å². The number of hydrogen-bond donors (Lipinski definition) is 2. The van der Waals surface area contributed by atoms with Gasteiger partial charge in [0.25, 0.3) is 0 Å². The third-order valence-corrected chi connectivity index (χ3v) is 3.85. The number of rotatable bonds is 7. The van der Waals surface area contributed by atoms with Crippen LogP contribution in [0.5, 0.6) is 11.5 Å². The zero-order valence-corrected chi connectivity index (χ0v) is 14.6. The Morgan fingerprint density at radius 2 is 1.71 bits per heavy atom. The molecule has 0 radical (unpaired) electrons. The second kappa shape index (κ2) is 8.24. The summed E-state index contributed by atoms with van der Waals surface area (Å²) in [4.78, 5) is 12.2. The maximum absolute atomic E-state index is 12.2. The number of carbonyl (C=O) groups excluding carboxylic acids is 1. The van der Waals surface area contributed by atoms with Gasteiger partial charge in [0.1, 0.15) is 0 Å². The van der Waals surface area contributed by atoms with E-state index < -0.39 is 0 Å². The molecule has 0 aliphatic heterocycles. The highest BCUT2D eigenvalue weighted by molar-refractivity contribution is 5.81. The lowest BCUT2D eigenvalue weighted by Gasteiger charge is -2.17. The molecule has 0 heterocycles. The Kier molecular flexibility index (Phi) is 6.07. The molecule has 2 rings (SSSR count). The number of methoxy groups -OCH3 is 2. The number of hydrogen-bond acceptors (Lipinski definition) is 4. The van der Waals surface area contributed by atoms with Gasteiger partial charge in [-0.2, -0.15) is 0 Å². The van der Waals surface area contributed by atoms with Crippen molar-refractivity contribution in [2.24, 2.45) is 0 Å². The van der Waals surface area contributed by atoms with Crippen molar-refractivity contribution in [3.63, 3.8) is 0 Å². The fourth-order valence-corrected chi connectivity index (χ4v) is 2.46. The topological polar surface area (TPSA) is 59.6 Å². The van der Waals surface area contributed by atoms with Crippen LogP contribution >= 0.6 is 0 Å². The van der Waals surface area contributed by atoms with Crippen LogP contribution in [-0.2, 0) is 4.79 Å². The summed E-state index contributed by atoms with van der Waals surface area (Å²) >= 11 is 0. The van der Waals surface area contributed by atoms with Gasteiger partial charge in [0, 0.05) is 11.8 Å². The fraction of sp³-hybridized carbons (Fsp3) is 0.316. The molecule has 0 aliphatic carbocycles. The van der Waals surface area contributed by atoms with Crippen LogP contribution in [0.25, 0.3) is 0 Å². The van der Waals surface area contributed by atoms with E-state index in [1.165, 1.54) is 0 Å². The third-order valence-electron chi connectivity index (χ3n) is 3.85. The van der Waals surface area contributed by atoms with Gasteiger partial charge in [-0.25, -0.2) is 0 Å². The van der Waals surface area contributed by atoms with Gasteiger partial charge in [-0.15, -0.1) is 0 Å². The summed E-state index contributed by atoms with van der Waals surface area (Å²) in [5.41, 5.74) is 2.90. The summed E-state index contributed by atoms with van der Waals surface area (Å²) in [6.45, 7) is 4.11. The van der Waals surface area contributed by atoms with Gasteiger partial charge >= 0.3 is 0 Å². The molecule has 0 fully saturated rings. The summed E-state index contributed by atoms with van der Waals surface area (Å²) in [6, 6.07) is 13.6. The van der Waals surface area contributed by atoms with Crippen molar-refractivity contribution in [3.05, 3.63) is 53.6 Å². The smallest absolute Gasteiger partial charge is 0.239 e. The summed E-state index contributed by atoms with van der Waals surface area (Å²) in [7, 11) is 3.19. The number of nitrogens with one attached hydrogen (secondary N) is 2. The van der Waals surface area contributed by atoms with Crippen molar-refractivity contribution in [2.75, 3.05) is 26.1 Å². The molecule has 2 aromatic carbocycles. The Labute approximate surface area is 143 Å². The Morgan fingerprint density at radius 3 is 2.33 bits per heavy atom. The van der Waals surface area contributed by atoms with Crippen LogP contribution in [0.2, 0.25) is 0 Å². The van der Waals surface area contributed by atoms with E-state index in [0.29, 0.717) is 11.5 Å². The average Bonchev–Trinajstić information content (AvgIpc) is 2.61. The minimum Gasteiger partial charge on any atom is -0.493 e. The quantitative estimate of drug-likeness (QED) is 0.819. The van der Waals surface area contributed by atoms with E-state index in [1.54, 1.807) is 14.2 Å². The molecule has 0 saturated carbocycles. The molecule has 0 aromatic heterocycles. The van der Waals surface area contributed by atoms with Gasteiger partial charge in [-0.3, -0.25) is 4.79 Å². The van der Waals surface area contributed by atoms with Gasteiger partial charge in [-0.05, 0) is 31.0 Å². The van der Waals surface area contributed by atoms with Crippen molar-refractivity contribution < 1.29 is 14.3 Å². The zero-order chi connectivity index (χ0) is 17.5. The molecule has 0 bridgehead atoms. The Bertz CT molecular complexity index is 687. The number of carbonyl (C=O) groups is 1. The lowest BCUT2D eigenvalue weighted by Crippen LogP contribution is -2.32. The monoisotopic (exact) mass is 328 g/mol. The Morgan fingerprint density at radius 1 is 1.08 bits per heavy atom. The van der Waals surface area contributed by atoms with E-state index in [4.69, 9.17) is 9.47 Å². The maximum Gasteiger partial charge on any atom is 0.239 e. The first kappa shape index (κ1) is 17.7. The van der Waals surface area contributed by atoms with E-state index in [2.05, 4.69) is 10.6 Å². The van der Waals surface area contributed by atoms with Crippen molar-refractivity contribution in [3.8, 4) is 11.5 Å². The molecule has 128 valence electrons. The SMILES string of the molecule is COc1cc(C)c(NCC(=O)N[C@@H](C)c2ccccc2)cc1OC. The van der Waals surface area contributed by atoms with Crippen molar-refractivity contribution in [1.29, 1.82) is 0 Å². The predicted octanol–water partition coefficient (Wildman–Crippen LogP) is 3.30. The van der Waals surface area contributed by atoms with E-state index in [9.17, 15) is 4.79 Å². The molecular formula is C19H24N2O3. The van der Waals surface area contributed by atoms with Crippen molar-refractivity contribution >= 4 is 11.6 Å². The standard InChI is InChI=1S/C19H24N2O3/c1-13-10-17(23-3)18(24-4)11-16(13)20-12-19(22)21-14(2)15-8-6-5-7-9-15/h5-11,14,20H,12H2,1-4H3,(H,21,22)/t14-/m0/s1. The molecule has 2 aromatic rings. The molecule has 5 heteroatoms. The van der Waals surface area contributed by atoms with Crippen LogP contribution in [0.4, 0.5) is 5.69 Å². The van der Waals surface area contributed by atoms with E-state index >= 15 is 0 Å². The Hall–Kier alpha value is -2.69. The van der Waals surface area contributed by atoms with Crippen LogP contribution in [0.3, 0.4) is 0 Å². The van der Waals surface area contributed by atoms with E-state index in [1.807, 2.05) is 56.3 Å². The van der Waals surface area contributed by atoms with Gasteiger partial charge in [0.15, 0.2) is 11.5 Å². The van der Waals surface area contributed by atoms with Crippen LogP contribution < -0.4 is 20.1 Å². The van der Waals surface area contributed by atoms with Crippen LogP contribution in [-0.4, -0.2) is 26.7 Å². The molecule has 24 heavy (non-hydrogen) atoms. The largest absolute Gasteiger partial charge is 0.493 e. The molecule has 1 atom stereocenters. The molecular weight excluding hydrogens is 304 g/mol. The summed E-state index contributed by atoms with van der Waals surface area (Å²) in [5, 5.41) is 6.13. The van der Waals surface area contributed by atoms with Crippen LogP contribution in [0, 0.1) is 6.92 Å². The fourth-order valence-electron chi connectivity index (χ4n) is 2.46. The van der Waals surface area contributed by atoms with E-state index in [0.717, 1.165) is 16.8 Å². The first-order valence-electron chi connectivity index (χ1n) is 7.86. The summed E-state index contributed by atoms with van der Waals surface area (Å²) in [5.74, 6) is 1.23. The summed E-state index contributed by atoms with van der Waals surface area (Å²) < 4.78 is 10.6. The number of ether oxygens (including phenoxy) is 2. The number of amides is 1. The van der Waals surface area contributed by atoms with Crippen LogP contribution in [0.1, 0.15) is 24.1 Å². The molecule has 0 spiro atoms. The molecule has 1 amide bonds. The number of anilines is 1. The highest BCUT2D eigenvalue weighted by Crippen LogP contribution is 2.32. The molecule has 0 unspecified atom stereocenters. The maximum atomic E-state index is 12.2. The van der Waals surface area contributed by atoms with Gasteiger partial charge in [0.05, 0.1) is 26.8 Å². The highest BCUT2D eigenvalue weighted by Gasteiger charge is 2.11. The molecule has 5 nitrogen and oxygen atoms in total. The average molecular weight is 328 g/mol. The lowest BCUT2D eigenvalue weighted by molar-refractivity contribution is -0.120. The first-order chi connectivity index (χ1) is 11.5. The third kappa shape index (κ3) is 4.41. The van der Waals surface area contributed by atoms with Gasteiger partial charge in [0.2, 0.25) is 5.91 Å². The zero-order valence-electron chi connectivity index (χ0n) is 14.6. The lowest BCUT2D eigenvalue weighted by atomic mass is 10.1. The second-order valence-corrected chi connectivity index (χ2v) is 5.58. The minimum atomic E-state index is -0.0689. The molecule has 2 N–H and O–H groups in total. The second-order valence-electron chi connectivity index (χ2n) is 5.58. The summed E-state index contributed by atoms with van der Waals surface area (Å²) in [6.07, 6.45) is 0. The van der Waals surface area contributed by atoms with Crippen molar-refractivity contribution in [2.45, 2.75) is 19.9 Å². The molecule has 0 aliphatic rings. The number of benzene rings is 2. The van der Waals surface area contributed by atoms with Crippen molar-refractivity contribution in [1.82, 2.24) is 5.32 Å².